The Morgan fingerprint density at radius 1 is 1.23 bits per heavy atom. The molecule has 0 amide bonds. The number of hydrogen-bond acceptors (Lipinski definition) is 6. The number of sulfonamides is 1. The van der Waals surface area contributed by atoms with Gasteiger partial charge in [-0.05, 0) is 20.8 Å². The summed E-state index contributed by atoms with van der Waals surface area (Å²) < 4.78 is 70.2. The van der Waals surface area contributed by atoms with Gasteiger partial charge in [0, 0.05) is 31.8 Å². The quantitative estimate of drug-likeness (QED) is 0.840. The van der Waals surface area contributed by atoms with Gasteiger partial charge >= 0.3 is 6.18 Å². The number of alkyl halides is 3. The Morgan fingerprint density at radius 3 is 2.35 bits per heavy atom. The lowest BCUT2D eigenvalue weighted by molar-refractivity contribution is -0.153. The van der Waals surface area contributed by atoms with Crippen LogP contribution >= 0.6 is 0 Å². The second kappa shape index (κ2) is 6.76. The van der Waals surface area contributed by atoms with Crippen LogP contribution in [0.3, 0.4) is 0 Å². The lowest BCUT2D eigenvalue weighted by Gasteiger charge is -2.41. The average Bonchev–Trinajstić information content (AvgIpc) is 2.42. The minimum absolute atomic E-state index is 0.0148. The third-order valence-electron chi connectivity index (χ3n) is 3.67. The van der Waals surface area contributed by atoms with E-state index in [1.165, 1.54) is 6.07 Å². The number of nitrogens with zero attached hydrogens (tertiary/aromatic N) is 3. The zero-order valence-corrected chi connectivity index (χ0v) is 15.7. The van der Waals surface area contributed by atoms with Crippen LogP contribution in [-0.4, -0.2) is 66.5 Å². The number of hydrogen-bond donors (Lipinski definition) is 1. The highest BCUT2D eigenvalue weighted by Gasteiger charge is 2.48. The summed E-state index contributed by atoms with van der Waals surface area (Å²) in [6, 6.07) is 0.233. The molecular formula is C15H22F3N3O4S. The Morgan fingerprint density at radius 2 is 1.85 bits per heavy atom. The predicted molar refractivity (Wildman–Crippen MR) is 89.9 cm³/mol. The molecule has 0 spiro atoms. The van der Waals surface area contributed by atoms with E-state index in [9.17, 15) is 26.7 Å². The molecule has 7 nitrogen and oxygen atoms in total. The first-order valence-corrected chi connectivity index (χ1v) is 9.70. The normalized spacial score (nSPS) is 20.3. The average molecular weight is 397 g/mol. The number of piperazine rings is 1. The van der Waals surface area contributed by atoms with Crippen molar-refractivity contribution in [3.8, 4) is 11.6 Å². The molecule has 2 heterocycles. The van der Waals surface area contributed by atoms with E-state index in [-0.39, 0.29) is 30.5 Å². The minimum Gasteiger partial charge on any atom is -0.508 e. The number of anilines is 1. The smallest absolute Gasteiger partial charge is 0.410 e. The molecule has 1 aromatic rings. The van der Waals surface area contributed by atoms with Crippen LogP contribution in [0.5, 0.6) is 11.6 Å². The summed E-state index contributed by atoms with van der Waals surface area (Å²) in [7, 11) is -3.75. The number of ether oxygens (including phenoxy) is 1. The lowest BCUT2D eigenvalue weighted by Crippen LogP contribution is -2.60. The van der Waals surface area contributed by atoms with Gasteiger partial charge in [0.05, 0.1) is 6.26 Å². The van der Waals surface area contributed by atoms with E-state index in [1.807, 2.05) is 0 Å². The maximum absolute atomic E-state index is 13.5. The molecule has 148 valence electrons. The largest absolute Gasteiger partial charge is 0.508 e. The first kappa shape index (κ1) is 20.6. The summed E-state index contributed by atoms with van der Waals surface area (Å²) in [6.07, 6.45) is -3.81. The Kier molecular flexibility index (Phi) is 5.35. The van der Waals surface area contributed by atoms with Crippen LogP contribution in [0.4, 0.5) is 19.0 Å². The Balaban J connectivity index is 2.39. The van der Waals surface area contributed by atoms with Gasteiger partial charge in [0.1, 0.15) is 23.2 Å². The molecule has 1 fully saturated rings. The third-order valence-corrected chi connectivity index (χ3v) is 4.94. The fourth-order valence-corrected chi connectivity index (χ4v) is 3.43. The van der Waals surface area contributed by atoms with Crippen molar-refractivity contribution in [2.24, 2.45) is 0 Å². The van der Waals surface area contributed by atoms with Crippen molar-refractivity contribution in [1.29, 1.82) is 0 Å². The van der Waals surface area contributed by atoms with Gasteiger partial charge in [-0.3, -0.25) is 0 Å². The molecule has 1 aromatic heterocycles. The van der Waals surface area contributed by atoms with Crippen LogP contribution < -0.4 is 9.64 Å². The molecule has 0 aliphatic carbocycles. The molecule has 26 heavy (non-hydrogen) atoms. The van der Waals surface area contributed by atoms with Gasteiger partial charge in [0.2, 0.25) is 15.9 Å². The molecule has 1 unspecified atom stereocenters. The molecule has 2 rings (SSSR count). The van der Waals surface area contributed by atoms with Gasteiger partial charge in [0.15, 0.2) is 0 Å². The molecule has 1 aliphatic heterocycles. The van der Waals surface area contributed by atoms with Crippen molar-refractivity contribution >= 4 is 15.8 Å². The number of aromatic hydroxyl groups is 1. The Bertz CT molecular complexity index is 762. The fourth-order valence-electron chi connectivity index (χ4n) is 2.60. The number of rotatable bonds is 3. The third kappa shape index (κ3) is 5.13. The number of pyridine rings is 1. The topological polar surface area (TPSA) is 83.0 Å². The molecule has 1 saturated heterocycles. The van der Waals surface area contributed by atoms with Crippen molar-refractivity contribution < 1.29 is 31.4 Å². The van der Waals surface area contributed by atoms with E-state index in [0.29, 0.717) is 0 Å². The summed E-state index contributed by atoms with van der Waals surface area (Å²) in [5.41, 5.74) is -0.656. The zero-order chi connectivity index (χ0) is 19.9. The standard InChI is InChI=1S/C15H22F3N3O4S/c1-14(2,3)25-13-8-10(22)7-12(19-13)21-6-5-20(26(4,23)24)9-11(21)15(16,17)18/h7-8,11H,5-6,9H2,1-4H3,(H,19,22). The number of halogens is 3. The summed E-state index contributed by atoms with van der Waals surface area (Å²) in [5.74, 6) is -0.431. The van der Waals surface area contributed by atoms with Crippen molar-refractivity contribution in [1.82, 2.24) is 9.29 Å². The Hall–Kier alpha value is -1.75. The van der Waals surface area contributed by atoms with Crippen LogP contribution in [0, 0.1) is 0 Å². The SMILES string of the molecule is CC(C)(C)Oc1cc(O)cc(N2CCN(S(C)(=O)=O)CC2C(F)(F)F)n1. The van der Waals surface area contributed by atoms with Crippen molar-refractivity contribution in [3.05, 3.63) is 12.1 Å². The van der Waals surface area contributed by atoms with Crippen LogP contribution in [0.2, 0.25) is 0 Å². The van der Waals surface area contributed by atoms with Crippen LogP contribution in [0.1, 0.15) is 20.8 Å². The highest BCUT2D eigenvalue weighted by molar-refractivity contribution is 7.88. The molecule has 0 saturated carbocycles. The van der Waals surface area contributed by atoms with Gasteiger partial charge in [-0.15, -0.1) is 0 Å². The van der Waals surface area contributed by atoms with Gasteiger partial charge in [0.25, 0.3) is 0 Å². The van der Waals surface area contributed by atoms with Crippen LogP contribution in [0.25, 0.3) is 0 Å². The van der Waals surface area contributed by atoms with E-state index in [0.717, 1.165) is 21.5 Å². The fraction of sp³-hybridized carbons (Fsp3) is 0.667. The molecule has 11 heteroatoms. The van der Waals surface area contributed by atoms with E-state index in [2.05, 4.69) is 4.98 Å². The van der Waals surface area contributed by atoms with E-state index >= 15 is 0 Å². The van der Waals surface area contributed by atoms with E-state index in [4.69, 9.17) is 4.74 Å². The highest BCUT2D eigenvalue weighted by Crippen LogP contribution is 2.34. The van der Waals surface area contributed by atoms with E-state index in [1.54, 1.807) is 20.8 Å². The van der Waals surface area contributed by atoms with Gasteiger partial charge in [-0.25, -0.2) is 8.42 Å². The van der Waals surface area contributed by atoms with Crippen LogP contribution in [-0.2, 0) is 10.0 Å². The van der Waals surface area contributed by atoms with E-state index < -0.39 is 34.4 Å². The molecule has 0 aromatic carbocycles. The molecule has 1 atom stereocenters. The van der Waals surface area contributed by atoms with Gasteiger partial charge in [-0.1, -0.05) is 0 Å². The number of aromatic nitrogens is 1. The van der Waals surface area contributed by atoms with Gasteiger partial charge < -0.3 is 14.7 Å². The van der Waals surface area contributed by atoms with Crippen LogP contribution in [0.15, 0.2) is 12.1 Å². The minimum atomic E-state index is -4.68. The molecule has 0 radical (unpaired) electrons. The summed E-state index contributed by atoms with van der Waals surface area (Å²) in [5, 5.41) is 9.86. The van der Waals surface area contributed by atoms with Crippen molar-refractivity contribution in [2.45, 2.75) is 38.6 Å². The molecule has 0 bridgehead atoms. The zero-order valence-electron chi connectivity index (χ0n) is 14.9. The predicted octanol–water partition coefficient (Wildman–Crippen LogP) is 1.98. The summed E-state index contributed by atoms with van der Waals surface area (Å²) in [4.78, 5) is 5.01. The summed E-state index contributed by atoms with van der Waals surface area (Å²) in [6.45, 7) is 4.14. The Labute approximate surface area is 150 Å². The van der Waals surface area contributed by atoms with Gasteiger partial charge in [-0.2, -0.15) is 22.5 Å². The second-order valence-electron chi connectivity index (χ2n) is 7.11. The molecule has 1 aliphatic rings. The lowest BCUT2D eigenvalue weighted by atomic mass is 10.1. The monoisotopic (exact) mass is 397 g/mol. The highest BCUT2D eigenvalue weighted by atomic mass is 32.2. The second-order valence-corrected chi connectivity index (χ2v) is 9.09. The van der Waals surface area contributed by atoms with Crippen molar-refractivity contribution in [3.63, 3.8) is 0 Å². The summed E-state index contributed by atoms with van der Waals surface area (Å²) >= 11 is 0. The first-order chi connectivity index (χ1) is 11.7. The molecular weight excluding hydrogens is 375 g/mol. The molecule has 1 N–H and O–H groups in total. The first-order valence-electron chi connectivity index (χ1n) is 7.85. The maximum Gasteiger partial charge on any atom is 0.410 e. The maximum atomic E-state index is 13.5. The van der Waals surface area contributed by atoms with Crippen molar-refractivity contribution in [2.75, 3.05) is 30.8 Å².